The standard InChI is InChI=1S/C16H19N7O2/c1-11-15(23(24)25)16(21(2)20-11)19-13-5-7-22(8-6-13)14-4-3-12(9-17)10-18-14/h3-4,10,13,19H,5-8H2,1-2H3. The number of nitriles is 1. The highest BCUT2D eigenvalue weighted by Gasteiger charge is 2.27. The van der Waals surface area contributed by atoms with Crippen LogP contribution in [-0.4, -0.2) is 38.8 Å². The minimum atomic E-state index is -0.388. The first-order valence-electron chi connectivity index (χ1n) is 8.05. The van der Waals surface area contributed by atoms with Crippen molar-refractivity contribution in [3.05, 3.63) is 39.7 Å². The van der Waals surface area contributed by atoms with Gasteiger partial charge in [-0.05, 0) is 31.9 Å². The summed E-state index contributed by atoms with van der Waals surface area (Å²) in [5, 5.41) is 27.5. The molecule has 0 atom stereocenters. The summed E-state index contributed by atoms with van der Waals surface area (Å²) < 4.78 is 1.53. The molecule has 1 aliphatic heterocycles. The molecule has 1 fully saturated rings. The summed E-state index contributed by atoms with van der Waals surface area (Å²) in [7, 11) is 1.71. The Bertz CT molecular complexity index is 814. The largest absolute Gasteiger partial charge is 0.362 e. The Kier molecular flexibility index (Phi) is 4.52. The van der Waals surface area contributed by atoms with Gasteiger partial charge >= 0.3 is 5.69 Å². The number of anilines is 2. The second kappa shape index (κ2) is 6.76. The van der Waals surface area contributed by atoms with Crippen LogP contribution in [0.3, 0.4) is 0 Å². The Labute approximate surface area is 145 Å². The summed E-state index contributed by atoms with van der Waals surface area (Å²) in [6.07, 6.45) is 3.24. The molecule has 1 N–H and O–H groups in total. The molecule has 25 heavy (non-hydrogen) atoms. The van der Waals surface area contributed by atoms with Gasteiger partial charge in [-0.15, -0.1) is 0 Å². The van der Waals surface area contributed by atoms with E-state index in [2.05, 4.69) is 26.4 Å². The summed E-state index contributed by atoms with van der Waals surface area (Å²) >= 11 is 0. The van der Waals surface area contributed by atoms with Crippen LogP contribution < -0.4 is 10.2 Å². The number of aromatic nitrogens is 3. The highest BCUT2D eigenvalue weighted by Crippen LogP contribution is 2.29. The SMILES string of the molecule is Cc1nn(C)c(NC2CCN(c3ccc(C#N)cn3)CC2)c1[N+](=O)[O-]. The van der Waals surface area contributed by atoms with Gasteiger partial charge < -0.3 is 10.2 Å². The smallest absolute Gasteiger partial charge is 0.333 e. The number of hydrogen-bond donors (Lipinski definition) is 1. The number of piperidine rings is 1. The van der Waals surface area contributed by atoms with Gasteiger partial charge in [-0.3, -0.25) is 10.1 Å². The Morgan fingerprint density at radius 3 is 2.68 bits per heavy atom. The molecule has 0 unspecified atom stereocenters. The van der Waals surface area contributed by atoms with Gasteiger partial charge in [0.2, 0.25) is 5.82 Å². The fourth-order valence-corrected chi connectivity index (χ4v) is 3.11. The summed E-state index contributed by atoms with van der Waals surface area (Å²) in [6, 6.07) is 5.81. The number of pyridine rings is 1. The average molecular weight is 341 g/mol. The van der Waals surface area contributed by atoms with Gasteiger partial charge in [0, 0.05) is 32.4 Å². The predicted molar refractivity (Wildman–Crippen MR) is 92.4 cm³/mol. The van der Waals surface area contributed by atoms with Gasteiger partial charge in [0.25, 0.3) is 0 Å². The van der Waals surface area contributed by atoms with E-state index >= 15 is 0 Å². The van der Waals surface area contributed by atoms with Crippen LogP contribution in [0.2, 0.25) is 0 Å². The molecule has 2 aromatic heterocycles. The van der Waals surface area contributed by atoms with Gasteiger partial charge in [-0.2, -0.15) is 10.4 Å². The van der Waals surface area contributed by atoms with E-state index < -0.39 is 0 Å². The van der Waals surface area contributed by atoms with Crippen molar-refractivity contribution in [2.45, 2.75) is 25.8 Å². The van der Waals surface area contributed by atoms with Crippen molar-refractivity contribution in [1.29, 1.82) is 5.26 Å². The van der Waals surface area contributed by atoms with Crippen LogP contribution in [0.25, 0.3) is 0 Å². The molecule has 0 saturated carbocycles. The average Bonchev–Trinajstić information content (AvgIpc) is 2.89. The molecule has 0 bridgehead atoms. The van der Waals surface area contributed by atoms with E-state index in [4.69, 9.17) is 5.26 Å². The first-order chi connectivity index (χ1) is 12.0. The third-order valence-corrected chi connectivity index (χ3v) is 4.41. The molecule has 0 spiro atoms. The minimum Gasteiger partial charge on any atom is -0.362 e. The van der Waals surface area contributed by atoms with Crippen LogP contribution >= 0.6 is 0 Å². The molecule has 0 aliphatic carbocycles. The van der Waals surface area contributed by atoms with Crippen LogP contribution in [0.5, 0.6) is 0 Å². The molecule has 1 saturated heterocycles. The molecular formula is C16H19N7O2. The number of nitrogens with one attached hydrogen (secondary N) is 1. The highest BCUT2D eigenvalue weighted by atomic mass is 16.6. The van der Waals surface area contributed by atoms with Gasteiger partial charge in [0.15, 0.2) is 0 Å². The van der Waals surface area contributed by atoms with E-state index in [-0.39, 0.29) is 16.7 Å². The maximum absolute atomic E-state index is 11.3. The Morgan fingerprint density at radius 2 is 2.12 bits per heavy atom. The van der Waals surface area contributed by atoms with Crippen molar-refractivity contribution in [2.24, 2.45) is 7.05 Å². The number of nitrogens with zero attached hydrogens (tertiary/aromatic N) is 6. The fraction of sp³-hybridized carbons (Fsp3) is 0.438. The van der Waals surface area contributed by atoms with Gasteiger partial charge in [0.05, 0.1) is 10.5 Å². The topological polar surface area (TPSA) is 113 Å². The molecule has 3 heterocycles. The predicted octanol–water partition coefficient (Wildman–Crippen LogP) is 1.98. The molecule has 2 aromatic rings. The number of nitro groups is 1. The zero-order chi connectivity index (χ0) is 18.0. The minimum absolute atomic E-state index is 0.0405. The van der Waals surface area contributed by atoms with Crippen molar-refractivity contribution in [3.63, 3.8) is 0 Å². The summed E-state index contributed by atoms with van der Waals surface area (Å²) in [6.45, 7) is 3.23. The van der Waals surface area contributed by atoms with Crippen molar-refractivity contribution >= 4 is 17.3 Å². The molecular weight excluding hydrogens is 322 g/mol. The molecule has 0 aromatic carbocycles. The van der Waals surface area contributed by atoms with E-state index in [1.165, 1.54) is 4.68 Å². The Morgan fingerprint density at radius 1 is 1.40 bits per heavy atom. The van der Waals surface area contributed by atoms with Crippen molar-refractivity contribution in [2.75, 3.05) is 23.3 Å². The van der Waals surface area contributed by atoms with E-state index in [1.54, 1.807) is 26.2 Å². The van der Waals surface area contributed by atoms with Gasteiger partial charge in [0.1, 0.15) is 17.6 Å². The maximum Gasteiger partial charge on any atom is 0.333 e. The van der Waals surface area contributed by atoms with E-state index in [0.29, 0.717) is 17.1 Å². The lowest BCUT2D eigenvalue weighted by molar-refractivity contribution is -0.384. The third kappa shape index (κ3) is 3.38. The lowest BCUT2D eigenvalue weighted by Gasteiger charge is -2.33. The van der Waals surface area contributed by atoms with Crippen LogP contribution in [-0.2, 0) is 7.05 Å². The summed E-state index contributed by atoms with van der Waals surface area (Å²) in [4.78, 5) is 17.3. The summed E-state index contributed by atoms with van der Waals surface area (Å²) in [5.41, 5.74) is 0.993. The Hall–Kier alpha value is -3.15. The van der Waals surface area contributed by atoms with Crippen LogP contribution in [0.15, 0.2) is 18.3 Å². The zero-order valence-electron chi connectivity index (χ0n) is 14.1. The first kappa shape index (κ1) is 16.7. The number of hydrogen-bond acceptors (Lipinski definition) is 7. The first-order valence-corrected chi connectivity index (χ1v) is 8.05. The molecule has 9 nitrogen and oxygen atoms in total. The van der Waals surface area contributed by atoms with E-state index in [9.17, 15) is 10.1 Å². The zero-order valence-corrected chi connectivity index (χ0v) is 14.1. The second-order valence-corrected chi connectivity index (χ2v) is 6.09. The lowest BCUT2D eigenvalue weighted by atomic mass is 10.0. The monoisotopic (exact) mass is 341 g/mol. The van der Waals surface area contributed by atoms with Gasteiger partial charge in [-0.1, -0.05) is 0 Å². The quantitative estimate of drug-likeness (QED) is 0.668. The van der Waals surface area contributed by atoms with Gasteiger partial charge in [-0.25, -0.2) is 9.67 Å². The molecule has 130 valence electrons. The van der Waals surface area contributed by atoms with Crippen LogP contribution in [0.1, 0.15) is 24.1 Å². The maximum atomic E-state index is 11.3. The van der Waals surface area contributed by atoms with E-state index in [1.807, 2.05) is 6.07 Å². The van der Waals surface area contributed by atoms with Crippen molar-refractivity contribution in [1.82, 2.24) is 14.8 Å². The molecule has 3 rings (SSSR count). The van der Waals surface area contributed by atoms with Crippen LogP contribution in [0.4, 0.5) is 17.3 Å². The molecule has 1 aliphatic rings. The highest BCUT2D eigenvalue weighted by molar-refractivity contribution is 5.60. The van der Waals surface area contributed by atoms with Crippen molar-refractivity contribution < 1.29 is 4.92 Å². The van der Waals surface area contributed by atoms with Crippen LogP contribution in [0, 0.1) is 28.4 Å². The summed E-state index contributed by atoms with van der Waals surface area (Å²) in [5.74, 6) is 1.30. The van der Waals surface area contributed by atoms with Crippen molar-refractivity contribution in [3.8, 4) is 6.07 Å². The fourth-order valence-electron chi connectivity index (χ4n) is 3.11. The lowest BCUT2D eigenvalue weighted by Crippen LogP contribution is -2.39. The van der Waals surface area contributed by atoms with E-state index in [0.717, 1.165) is 31.7 Å². The third-order valence-electron chi connectivity index (χ3n) is 4.41. The second-order valence-electron chi connectivity index (χ2n) is 6.09. The number of aryl methyl sites for hydroxylation is 2. The molecule has 0 amide bonds. The molecule has 9 heteroatoms. The molecule has 0 radical (unpaired) electrons. The number of rotatable bonds is 4. The normalized spacial score (nSPS) is 15.0. The Balaban J connectivity index is 1.65.